The van der Waals surface area contributed by atoms with Gasteiger partial charge in [-0.2, -0.15) is 10.4 Å². The average molecular weight is 309 g/mol. The number of hydrogen-bond acceptors (Lipinski definition) is 2. The molecule has 0 atom stereocenters. The molecule has 0 aliphatic heterocycles. The maximum Gasteiger partial charge on any atom is 0.0998 e. The number of nitrogens with zero attached hydrogens (tertiary/aromatic N) is 3. The van der Waals surface area contributed by atoms with Gasteiger partial charge in [-0.05, 0) is 28.7 Å². The normalized spacial score (nSPS) is 9.93. The van der Waals surface area contributed by atoms with Gasteiger partial charge in [0.2, 0.25) is 0 Å². The van der Waals surface area contributed by atoms with Gasteiger partial charge in [0.05, 0.1) is 27.1 Å². The number of nitriles is 1. The standard InChI is InChI=1S/C11H8IN3/c1-15-11(10(12)7-14-15)9-5-3-2-4-8(9)6-13/h2-5,7H,1H3. The fraction of sp³-hybridized carbons (Fsp3) is 0.0909. The minimum absolute atomic E-state index is 0.680. The summed E-state index contributed by atoms with van der Waals surface area (Å²) in [5, 5.41) is 13.2. The van der Waals surface area contributed by atoms with Crippen LogP contribution in [0.1, 0.15) is 5.56 Å². The van der Waals surface area contributed by atoms with Crippen molar-refractivity contribution in [2.45, 2.75) is 0 Å². The van der Waals surface area contributed by atoms with Crippen molar-refractivity contribution in [3.05, 3.63) is 39.6 Å². The van der Waals surface area contributed by atoms with E-state index in [0.29, 0.717) is 5.56 Å². The molecule has 0 unspecified atom stereocenters. The molecule has 0 spiro atoms. The highest BCUT2D eigenvalue weighted by Gasteiger charge is 2.11. The molecule has 15 heavy (non-hydrogen) atoms. The van der Waals surface area contributed by atoms with Gasteiger partial charge in [0.15, 0.2) is 0 Å². The van der Waals surface area contributed by atoms with Crippen LogP contribution in [0.3, 0.4) is 0 Å². The van der Waals surface area contributed by atoms with Crippen molar-refractivity contribution in [1.29, 1.82) is 5.26 Å². The number of benzene rings is 1. The van der Waals surface area contributed by atoms with Crippen LogP contribution in [-0.2, 0) is 7.05 Å². The van der Waals surface area contributed by atoms with Crippen LogP contribution in [0.25, 0.3) is 11.3 Å². The largest absolute Gasteiger partial charge is 0.267 e. The predicted octanol–water partition coefficient (Wildman–Crippen LogP) is 2.56. The van der Waals surface area contributed by atoms with Crippen molar-refractivity contribution < 1.29 is 0 Å². The van der Waals surface area contributed by atoms with E-state index in [-0.39, 0.29) is 0 Å². The second-order valence-corrected chi connectivity index (χ2v) is 4.28. The summed E-state index contributed by atoms with van der Waals surface area (Å²) in [6.45, 7) is 0. The molecule has 1 heterocycles. The Labute approximate surface area is 101 Å². The van der Waals surface area contributed by atoms with E-state index in [4.69, 9.17) is 5.26 Å². The molecule has 0 saturated carbocycles. The van der Waals surface area contributed by atoms with Gasteiger partial charge >= 0.3 is 0 Å². The van der Waals surface area contributed by atoms with Crippen LogP contribution >= 0.6 is 22.6 Å². The van der Waals surface area contributed by atoms with Crippen molar-refractivity contribution in [2.75, 3.05) is 0 Å². The zero-order valence-electron chi connectivity index (χ0n) is 8.11. The third-order valence-electron chi connectivity index (χ3n) is 2.20. The quantitative estimate of drug-likeness (QED) is 0.760. The molecular formula is C11H8IN3. The van der Waals surface area contributed by atoms with Crippen LogP contribution in [0, 0.1) is 14.9 Å². The molecule has 1 aromatic carbocycles. The summed E-state index contributed by atoms with van der Waals surface area (Å²) < 4.78 is 2.84. The Hall–Kier alpha value is -1.35. The van der Waals surface area contributed by atoms with E-state index < -0.39 is 0 Å². The third kappa shape index (κ3) is 1.75. The van der Waals surface area contributed by atoms with E-state index in [2.05, 4.69) is 33.8 Å². The van der Waals surface area contributed by atoms with Gasteiger partial charge in [-0.25, -0.2) is 0 Å². The Bertz CT molecular complexity index is 518. The van der Waals surface area contributed by atoms with Gasteiger partial charge in [0.1, 0.15) is 0 Å². The van der Waals surface area contributed by atoms with E-state index in [0.717, 1.165) is 14.8 Å². The fourth-order valence-corrected chi connectivity index (χ4v) is 2.27. The van der Waals surface area contributed by atoms with Gasteiger partial charge in [-0.15, -0.1) is 0 Å². The zero-order chi connectivity index (χ0) is 10.8. The smallest absolute Gasteiger partial charge is 0.0998 e. The molecule has 0 aliphatic rings. The zero-order valence-corrected chi connectivity index (χ0v) is 10.3. The van der Waals surface area contributed by atoms with Crippen LogP contribution in [0.15, 0.2) is 30.5 Å². The molecule has 4 heteroatoms. The van der Waals surface area contributed by atoms with Crippen molar-refractivity contribution >= 4 is 22.6 Å². The van der Waals surface area contributed by atoms with E-state index >= 15 is 0 Å². The maximum absolute atomic E-state index is 9.02. The molecule has 3 nitrogen and oxygen atoms in total. The van der Waals surface area contributed by atoms with E-state index in [1.807, 2.05) is 31.3 Å². The van der Waals surface area contributed by atoms with Crippen LogP contribution in [0.2, 0.25) is 0 Å². The maximum atomic E-state index is 9.02. The Morgan fingerprint density at radius 2 is 2.13 bits per heavy atom. The topological polar surface area (TPSA) is 41.6 Å². The molecule has 1 aromatic heterocycles. The summed E-state index contributed by atoms with van der Waals surface area (Å²) in [6, 6.07) is 9.75. The first kappa shape index (κ1) is 10.2. The number of hydrogen-bond donors (Lipinski definition) is 0. The van der Waals surface area contributed by atoms with E-state index in [9.17, 15) is 0 Å². The average Bonchev–Trinajstić information content (AvgIpc) is 2.59. The summed E-state index contributed by atoms with van der Waals surface area (Å²) in [7, 11) is 1.88. The van der Waals surface area contributed by atoms with Crippen molar-refractivity contribution in [2.24, 2.45) is 7.05 Å². The Kier molecular flexibility index (Phi) is 2.73. The fourth-order valence-electron chi connectivity index (χ4n) is 1.50. The Morgan fingerprint density at radius 3 is 2.73 bits per heavy atom. The van der Waals surface area contributed by atoms with Gasteiger partial charge in [0.25, 0.3) is 0 Å². The lowest BCUT2D eigenvalue weighted by atomic mass is 10.1. The van der Waals surface area contributed by atoms with Gasteiger partial charge in [-0.3, -0.25) is 4.68 Å². The number of aryl methyl sites for hydroxylation is 1. The first-order valence-electron chi connectivity index (χ1n) is 4.41. The Balaban J connectivity index is 2.70. The minimum atomic E-state index is 0.680. The lowest BCUT2D eigenvalue weighted by Gasteiger charge is -2.04. The van der Waals surface area contributed by atoms with Crippen molar-refractivity contribution in [3.63, 3.8) is 0 Å². The highest BCUT2D eigenvalue weighted by molar-refractivity contribution is 14.1. The van der Waals surface area contributed by atoms with Crippen LogP contribution < -0.4 is 0 Å². The molecule has 0 amide bonds. The number of halogens is 1. The van der Waals surface area contributed by atoms with Gasteiger partial charge in [0, 0.05) is 12.6 Å². The number of aromatic nitrogens is 2. The van der Waals surface area contributed by atoms with Crippen molar-refractivity contribution in [1.82, 2.24) is 9.78 Å². The van der Waals surface area contributed by atoms with Crippen LogP contribution in [-0.4, -0.2) is 9.78 Å². The molecule has 0 saturated heterocycles. The molecule has 0 radical (unpaired) electrons. The lowest BCUT2D eigenvalue weighted by molar-refractivity contribution is 0.775. The highest BCUT2D eigenvalue weighted by Crippen LogP contribution is 2.26. The summed E-state index contributed by atoms with van der Waals surface area (Å²) in [5.41, 5.74) is 2.61. The summed E-state index contributed by atoms with van der Waals surface area (Å²) >= 11 is 2.22. The summed E-state index contributed by atoms with van der Waals surface area (Å²) in [5.74, 6) is 0. The molecule has 0 N–H and O–H groups in total. The molecule has 2 aromatic rings. The van der Waals surface area contributed by atoms with Gasteiger partial charge in [-0.1, -0.05) is 18.2 Å². The number of rotatable bonds is 1. The predicted molar refractivity (Wildman–Crippen MR) is 66.1 cm³/mol. The second-order valence-electron chi connectivity index (χ2n) is 3.12. The first-order chi connectivity index (χ1) is 7.24. The first-order valence-corrected chi connectivity index (χ1v) is 5.49. The summed E-state index contributed by atoms with van der Waals surface area (Å²) in [4.78, 5) is 0. The van der Waals surface area contributed by atoms with Crippen LogP contribution in [0.4, 0.5) is 0 Å². The lowest BCUT2D eigenvalue weighted by Crippen LogP contribution is -1.96. The highest BCUT2D eigenvalue weighted by atomic mass is 127. The Morgan fingerprint density at radius 1 is 1.40 bits per heavy atom. The molecule has 0 aliphatic carbocycles. The third-order valence-corrected chi connectivity index (χ3v) is 2.99. The SMILES string of the molecule is Cn1ncc(I)c1-c1ccccc1C#N. The van der Waals surface area contributed by atoms with Crippen molar-refractivity contribution in [3.8, 4) is 17.3 Å². The van der Waals surface area contributed by atoms with E-state index in [1.165, 1.54) is 0 Å². The molecule has 0 bridgehead atoms. The molecule has 74 valence electrons. The molecule has 0 fully saturated rings. The minimum Gasteiger partial charge on any atom is -0.267 e. The molecule has 2 rings (SSSR count). The van der Waals surface area contributed by atoms with Crippen LogP contribution in [0.5, 0.6) is 0 Å². The molecular weight excluding hydrogens is 301 g/mol. The monoisotopic (exact) mass is 309 g/mol. The van der Waals surface area contributed by atoms with E-state index in [1.54, 1.807) is 10.9 Å². The second kappa shape index (κ2) is 4.03. The van der Waals surface area contributed by atoms with Gasteiger partial charge < -0.3 is 0 Å². The summed E-state index contributed by atoms with van der Waals surface area (Å²) in [6.07, 6.45) is 1.80.